The number of carbonyl (C=O) groups is 1. The summed E-state index contributed by atoms with van der Waals surface area (Å²) in [6, 6.07) is 7.62. The van der Waals surface area contributed by atoms with Gasteiger partial charge >= 0.3 is 0 Å². The molecule has 0 bridgehead atoms. The molecule has 0 amide bonds. The highest BCUT2D eigenvalue weighted by molar-refractivity contribution is 9.10. The number of aromatic nitrogens is 1. The Balaban J connectivity index is 2.36. The zero-order valence-electron chi connectivity index (χ0n) is 11.8. The van der Waals surface area contributed by atoms with Gasteiger partial charge in [0.1, 0.15) is 0 Å². The number of rotatable bonds is 3. The maximum absolute atomic E-state index is 12.3. The van der Waals surface area contributed by atoms with Crippen molar-refractivity contribution in [2.45, 2.75) is 32.0 Å². The third kappa shape index (κ3) is 3.21. The minimum atomic E-state index is -0.357. The topological polar surface area (TPSA) is 30.0 Å². The summed E-state index contributed by atoms with van der Waals surface area (Å²) >= 11 is 9.69. The van der Waals surface area contributed by atoms with Gasteiger partial charge in [-0.15, -0.1) is 0 Å². The van der Waals surface area contributed by atoms with Crippen LogP contribution in [0.2, 0.25) is 5.02 Å². The fourth-order valence-electron chi connectivity index (χ4n) is 2.12. The summed E-state index contributed by atoms with van der Waals surface area (Å²) in [6.07, 6.45) is 2.36. The van der Waals surface area contributed by atoms with E-state index in [0.717, 1.165) is 16.5 Å². The Labute approximate surface area is 132 Å². The molecule has 0 aliphatic heterocycles. The number of halogens is 2. The molecule has 0 spiro atoms. The van der Waals surface area contributed by atoms with Gasteiger partial charge in [-0.2, -0.15) is 0 Å². The van der Waals surface area contributed by atoms with E-state index in [1.165, 1.54) is 0 Å². The molecule has 2 aromatic rings. The Morgan fingerprint density at radius 2 is 2.05 bits per heavy atom. The Kier molecular flexibility index (Phi) is 4.50. The predicted molar refractivity (Wildman–Crippen MR) is 87.6 cm³/mol. The standard InChI is InChI=1S/C16H17BrClNO/c1-16(2,3)15(20)12(17)9-10-6-7-13(18)11-5-4-8-19-14(10)11/h4-8,12H,9H2,1-3H3. The number of fused-ring (bicyclic) bond motifs is 1. The number of hydrogen-bond donors (Lipinski definition) is 0. The molecule has 0 saturated carbocycles. The van der Waals surface area contributed by atoms with Crippen LogP contribution in [0.4, 0.5) is 0 Å². The van der Waals surface area contributed by atoms with Gasteiger partial charge in [0.2, 0.25) is 0 Å². The van der Waals surface area contributed by atoms with Crippen LogP contribution in [0.5, 0.6) is 0 Å². The van der Waals surface area contributed by atoms with Crippen LogP contribution in [0.25, 0.3) is 10.9 Å². The number of Topliss-reactive ketones (excluding diaryl/α,β-unsaturated/α-hetero) is 1. The van der Waals surface area contributed by atoms with Crippen LogP contribution in [-0.4, -0.2) is 15.6 Å². The largest absolute Gasteiger partial charge is 0.298 e. The summed E-state index contributed by atoms with van der Waals surface area (Å²) in [5.41, 5.74) is 1.54. The minimum absolute atomic E-state index is 0.191. The van der Waals surface area contributed by atoms with Gasteiger partial charge in [0, 0.05) is 22.0 Å². The fraction of sp³-hybridized carbons (Fsp3) is 0.375. The lowest BCUT2D eigenvalue weighted by atomic mass is 9.87. The molecule has 2 rings (SSSR count). The van der Waals surface area contributed by atoms with E-state index in [1.807, 2.05) is 45.0 Å². The lowest BCUT2D eigenvalue weighted by Crippen LogP contribution is -2.30. The van der Waals surface area contributed by atoms with Crippen LogP contribution < -0.4 is 0 Å². The molecule has 0 fully saturated rings. The van der Waals surface area contributed by atoms with Crippen molar-refractivity contribution in [1.82, 2.24) is 4.98 Å². The van der Waals surface area contributed by atoms with Crippen molar-refractivity contribution in [3.05, 3.63) is 41.0 Å². The molecule has 0 N–H and O–H groups in total. The smallest absolute Gasteiger partial charge is 0.152 e. The van der Waals surface area contributed by atoms with Gasteiger partial charge in [0.25, 0.3) is 0 Å². The van der Waals surface area contributed by atoms with Gasteiger partial charge in [-0.05, 0) is 30.2 Å². The van der Waals surface area contributed by atoms with Crippen molar-refractivity contribution in [2.75, 3.05) is 0 Å². The molecular weight excluding hydrogens is 338 g/mol. The first-order valence-corrected chi connectivity index (χ1v) is 7.80. The molecule has 1 heterocycles. The second-order valence-electron chi connectivity index (χ2n) is 5.89. The van der Waals surface area contributed by atoms with Gasteiger partial charge in [-0.1, -0.05) is 54.4 Å². The van der Waals surface area contributed by atoms with Gasteiger partial charge in [-0.3, -0.25) is 9.78 Å². The first-order valence-electron chi connectivity index (χ1n) is 6.51. The van der Waals surface area contributed by atoms with Crippen molar-refractivity contribution in [1.29, 1.82) is 0 Å². The lowest BCUT2D eigenvalue weighted by Gasteiger charge is -2.21. The Hall–Kier alpha value is -0.930. The van der Waals surface area contributed by atoms with E-state index in [4.69, 9.17) is 11.6 Å². The Bertz CT molecular complexity index is 648. The number of nitrogens with zero attached hydrogens (tertiary/aromatic N) is 1. The maximum Gasteiger partial charge on any atom is 0.152 e. The van der Waals surface area contributed by atoms with E-state index >= 15 is 0 Å². The maximum atomic E-state index is 12.3. The number of hydrogen-bond acceptors (Lipinski definition) is 2. The molecule has 0 aliphatic rings. The second kappa shape index (κ2) is 5.82. The molecule has 1 aromatic carbocycles. The van der Waals surface area contributed by atoms with E-state index in [9.17, 15) is 4.79 Å². The zero-order valence-corrected chi connectivity index (χ0v) is 14.1. The predicted octanol–water partition coefficient (Wildman–Crippen LogP) is 4.81. The van der Waals surface area contributed by atoms with E-state index < -0.39 is 0 Å². The molecular formula is C16H17BrClNO. The summed E-state index contributed by atoms with van der Waals surface area (Å²) in [5.74, 6) is 0.191. The van der Waals surface area contributed by atoms with Crippen molar-refractivity contribution < 1.29 is 4.79 Å². The quantitative estimate of drug-likeness (QED) is 0.740. The van der Waals surface area contributed by atoms with Gasteiger partial charge in [-0.25, -0.2) is 0 Å². The van der Waals surface area contributed by atoms with Crippen LogP contribution in [-0.2, 0) is 11.2 Å². The lowest BCUT2D eigenvalue weighted by molar-refractivity contribution is -0.125. The van der Waals surface area contributed by atoms with E-state index in [0.29, 0.717) is 11.4 Å². The molecule has 1 atom stereocenters. The molecule has 20 heavy (non-hydrogen) atoms. The molecule has 0 saturated heterocycles. The Morgan fingerprint density at radius 1 is 1.35 bits per heavy atom. The van der Waals surface area contributed by atoms with Crippen LogP contribution in [0.15, 0.2) is 30.5 Å². The molecule has 1 unspecified atom stereocenters. The number of alkyl halides is 1. The summed E-state index contributed by atoms with van der Waals surface area (Å²) in [5, 5.41) is 1.61. The van der Waals surface area contributed by atoms with Crippen LogP contribution >= 0.6 is 27.5 Å². The first-order chi connectivity index (χ1) is 9.30. The fourth-order valence-corrected chi connectivity index (χ4v) is 3.37. The highest BCUT2D eigenvalue weighted by Gasteiger charge is 2.28. The monoisotopic (exact) mass is 353 g/mol. The number of ketones is 1. The number of benzene rings is 1. The van der Waals surface area contributed by atoms with Crippen molar-refractivity contribution in [2.24, 2.45) is 5.41 Å². The molecule has 1 aromatic heterocycles. The summed E-state index contributed by atoms with van der Waals surface area (Å²) in [7, 11) is 0. The summed E-state index contributed by atoms with van der Waals surface area (Å²) < 4.78 is 0. The Morgan fingerprint density at radius 3 is 2.70 bits per heavy atom. The second-order valence-corrected chi connectivity index (χ2v) is 7.40. The molecule has 0 radical (unpaired) electrons. The van der Waals surface area contributed by atoms with Crippen molar-refractivity contribution in [3.63, 3.8) is 0 Å². The van der Waals surface area contributed by atoms with Gasteiger partial charge in [0.15, 0.2) is 5.78 Å². The van der Waals surface area contributed by atoms with Crippen molar-refractivity contribution >= 4 is 44.2 Å². The highest BCUT2D eigenvalue weighted by Crippen LogP contribution is 2.28. The number of carbonyl (C=O) groups excluding carboxylic acids is 1. The summed E-state index contributed by atoms with van der Waals surface area (Å²) in [4.78, 5) is 16.5. The molecule has 4 heteroatoms. The van der Waals surface area contributed by atoms with E-state index in [-0.39, 0.29) is 16.0 Å². The van der Waals surface area contributed by atoms with Crippen LogP contribution in [0.3, 0.4) is 0 Å². The molecule has 0 aliphatic carbocycles. The summed E-state index contributed by atoms with van der Waals surface area (Å²) in [6.45, 7) is 5.80. The zero-order chi connectivity index (χ0) is 14.9. The normalized spacial score (nSPS) is 13.4. The third-order valence-electron chi connectivity index (χ3n) is 3.22. The molecule has 106 valence electrons. The average Bonchev–Trinajstić information content (AvgIpc) is 2.40. The van der Waals surface area contributed by atoms with Crippen molar-refractivity contribution in [3.8, 4) is 0 Å². The average molecular weight is 355 g/mol. The first kappa shape index (κ1) is 15.5. The third-order valence-corrected chi connectivity index (χ3v) is 4.29. The van der Waals surface area contributed by atoms with Gasteiger partial charge in [0.05, 0.1) is 10.3 Å². The highest BCUT2D eigenvalue weighted by atomic mass is 79.9. The SMILES string of the molecule is CC(C)(C)C(=O)C(Br)Cc1ccc(Cl)c2cccnc12. The van der Waals surface area contributed by atoms with Crippen LogP contribution in [0.1, 0.15) is 26.3 Å². The minimum Gasteiger partial charge on any atom is -0.298 e. The number of pyridine rings is 1. The van der Waals surface area contributed by atoms with Gasteiger partial charge < -0.3 is 0 Å². The van der Waals surface area contributed by atoms with Crippen LogP contribution in [0, 0.1) is 5.41 Å². The molecule has 2 nitrogen and oxygen atoms in total. The van der Waals surface area contributed by atoms with E-state index in [1.54, 1.807) is 6.20 Å². The van der Waals surface area contributed by atoms with E-state index in [2.05, 4.69) is 20.9 Å².